The van der Waals surface area contributed by atoms with Crippen LogP contribution in [-0.4, -0.2) is 9.78 Å². The average Bonchev–Trinajstić information content (AvgIpc) is 2.66. The molecule has 1 heterocycles. The fourth-order valence-electron chi connectivity index (χ4n) is 2.48. The van der Waals surface area contributed by atoms with Gasteiger partial charge in [-0.2, -0.15) is 0 Å². The van der Waals surface area contributed by atoms with Gasteiger partial charge in [0.15, 0.2) is 0 Å². The SMILES string of the molecule is CCc1c(CC(C)C)c(=O)[nH]n1-c1cccc(C)c1. The normalized spacial score (nSPS) is 11.2. The van der Waals surface area contributed by atoms with Crippen LogP contribution in [0.5, 0.6) is 0 Å². The van der Waals surface area contributed by atoms with Gasteiger partial charge in [-0.1, -0.05) is 32.9 Å². The summed E-state index contributed by atoms with van der Waals surface area (Å²) in [6, 6.07) is 8.20. The van der Waals surface area contributed by atoms with Crippen LogP contribution in [0.15, 0.2) is 29.1 Å². The summed E-state index contributed by atoms with van der Waals surface area (Å²) in [5, 5.41) is 2.97. The monoisotopic (exact) mass is 258 g/mol. The lowest BCUT2D eigenvalue weighted by Gasteiger charge is -2.10. The Morgan fingerprint density at radius 2 is 2.05 bits per heavy atom. The molecule has 0 saturated carbocycles. The maximum Gasteiger partial charge on any atom is 0.267 e. The van der Waals surface area contributed by atoms with Gasteiger partial charge in [-0.3, -0.25) is 14.6 Å². The zero-order valence-electron chi connectivity index (χ0n) is 12.2. The highest BCUT2D eigenvalue weighted by molar-refractivity contribution is 5.38. The van der Waals surface area contributed by atoms with Gasteiger partial charge in [0.05, 0.1) is 5.69 Å². The minimum absolute atomic E-state index is 0.0482. The molecule has 0 aliphatic heterocycles. The lowest BCUT2D eigenvalue weighted by atomic mass is 10.0. The second-order valence-electron chi connectivity index (χ2n) is 5.49. The Morgan fingerprint density at radius 3 is 2.63 bits per heavy atom. The Kier molecular flexibility index (Phi) is 3.93. The molecule has 0 atom stereocenters. The van der Waals surface area contributed by atoms with Crippen molar-refractivity contribution in [3.8, 4) is 5.69 Å². The van der Waals surface area contributed by atoms with Gasteiger partial charge in [0, 0.05) is 11.3 Å². The van der Waals surface area contributed by atoms with Crippen LogP contribution < -0.4 is 5.56 Å². The summed E-state index contributed by atoms with van der Waals surface area (Å²) >= 11 is 0. The van der Waals surface area contributed by atoms with E-state index < -0.39 is 0 Å². The molecular weight excluding hydrogens is 236 g/mol. The van der Waals surface area contributed by atoms with Gasteiger partial charge in [0.2, 0.25) is 0 Å². The quantitative estimate of drug-likeness (QED) is 0.898. The maximum absolute atomic E-state index is 12.1. The molecule has 3 nitrogen and oxygen atoms in total. The number of hydrogen-bond acceptors (Lipinski definition) is 1. The zero-order valence-corrected chi connectivity index (χ0v) is 12.2. The van der Waals surface area contributed by atoms with Crippen molar-refractivity contribution in [3.05, 3.63) is 51.4 Å². The third-order valence-electron chi connectivity index (χ3n) is 3.31. The third kappa shape index (κ3) is 2.80. The summed E-state index contributed by atoms with van der Waals surface area (Å²) in [5.74, 6) is 0.486. The van der Waals surface area contributed by atoms with Gasteiger partial charge < -0.3 is 0 Å². The van der Waals surface area contributed by atoms with E-state index in [9.17, 15) is 4.79 Å². The Morgan fingerprint density at radius 1 is 1.32 bits per heavy atom. The highest BCUT2D eigenvalue weighted by Gasteiger charge is 2.15. The molecule has 0 aliphatic rings. The first kappa shape index (κ1) is 13.7. The van der Waals surface area contributed by atoms with Gasteiger partial charge in [-0.15, -0.1) is 0 Å². The van der Waals surface area contributed by atoms with Crippen molar-refractivity contribution in [2.45, 2.75) is 40.5 Å². The minimum Gasteiger partial charge on any atom is -0.268 e. The van der Waals surface area contributed by atoms with Crippen molar-refractivity contribution >= 4 is 0 Å². The van der Waals surface area contributed by atoms with E-state index in [-0.39, 0.29) is 5.56 Å². The molecule has 0 spiro atoms. The number of hydrogen-bond donors (Lipinski definition) is 1. The largest absolute Gasteiger partial charge is 0.268 e. The first-order valence-electron chi connectivity index (χ1n) is 6.92. The van der Waals surface area contributed by atoms with Gasteiger partial charge in [-0.25, -0.2) is 0 Å². The minimum atomic E-state index is 0.0482. The van der Waals surface area contributed by atoms with Gasteiger partial charge in [0.25, 0.3) is 5.56 Å². The highest BCUT2D eigenvalue weighted by atomic mass is 16.1. The predicted molar refractivity (Wildman–Crippen MR) is 79.0 cm³/mol. The number of aromatic amines is 1. The van der Waals surface area contributed by atoms with Crippen LogP contribution in [0.4, 0.5) is 0 Å². The van der Waals surface area contributed by atoms with Crippen molar-refractivity contribution in [2.75, 3.05) is 0 Å². The second kappa shape index (κ2) is 5.47. The van der Waals surface area contributed by atoms with E-state index in [1.165, 1.54) is 5.56 Å². The molecule has 0 unspecified atom stereocenters. The van der Waals surface area contributed by atoms with Crippen LogP contribution in [-0.2, 0) is 12.8 Å². The van der Waals surface area contributed by atoms with Crippen molar-refractivity contribution in [1.29, 1.82) is 0 Å². The lowest BCUT2D eigenvalue weighted by Crippen LogP contribution is -2.09. The van der Waals surface area contributed by atoms with E-state index in [1.54, 1.807) is 0 Å². The standard InChI is InChI=1S/C16H22N2O/c1-5-15-14(9-11(2)3)16(19)17-18(15)13-8-6-7-12(4)10-13/h6-8,10-11H,5,9H2,1-4H3,(H,17,19). The van der Waals surface area contributed by atoms with Crippen LogP contribution in [0, 0.1) is 12.8 Å². The van der Waals surface area contributed by atoms with Gasteiger partial charge in [-0.05, 0) is 43.4 Å². The summed E-state index contributed by atoms with van der Waals surface area (Å²) in [5.41, 5.74) is 4.30. The van der Waals surface area contributed by atoms with E-state index in [1.807, 2.05) is 16.8 Å². The number of H-pyrrole nitrogens is 1. The summed E-state index contributed by atoms with van der Waals surface area (Å²) in [6.45, 7) is 8.44. The smallest absolute Gasteiger partial charge is 0.267 e. The number of benzene rings is 1. The zero-order chi connectivity index (χ0) is 14.0. The highest BCUT2D eigenvalue weighted by Crippen LogP contribution is 2.16. The van der Waals surface area contributed by atoms with Crippen molar-refractivity contribution in [1.82, 2.24) is 9.78 Å². The fraction of sp³-hybridized carbons (Fsp3) is 0.438. The van der Waals surface area contributed by atoms with Gasteiger partial charge >= 0.3 is 0 Å². The molecule has 102 valence electrons. The second-order valence-corrected chi connectivity index (χ2v) is 5.49. The Bertz CT molecular complexity index is 620. The topological polar surface area (TPSA) is 37.8 Å². The Balaban J connectivity index is 2.56. The predicted octanol–water partition coefficient (Wildman–Crippen LogP) is 3.23. The average molecular weight is 258 g/mol. The van der Waals surface area contributed by atoms with E-state index in [2.05, 4.69) is 44.9 Å². The van der Waals surface area contributed by atoms with Crippen LogP contribution in [0.25, 0.3) is 5.69 Å². The van der Waals surface area contributed by atoms with E-state index in [0.29, 0.717) is 5.92 Å². The first-order chi connectivity index (χ1) is 9.02. The fourth-order valence-corrected chi connectivity index (χ4v) is 2.48. The summed E-state index contributed by atoms with van der Waals surface area (Å²) in [6.07, 6.45) is 1.69. The lowest BCUT2D eigenvalue weighted by molar-refractivity contribution is 0.639. The van der Waals surface area contributed by atoms with E-state index in [4.69, 9.17) is 0 Å². The number of aromatic nitrogens is 2. The molecule has 0 amide bonds. The van der Waals surface area contributed by atoms with Crippen molar-refractivity contribution in [3.63, 3.8) is 0 Å². The van der Waals surface area contributed by atoms with E-state index in [0.717, 1.165) is 29.8 Å². The molecule has 2 aromatic rings. The van der Waals surface area contributed by atoms with Crippen LogP contribution in [0.2, 0.25) is 0 Å². The maximum atomic E-state index is 12.1. The molecule has 1 aromatic carbocycles. The molecule has 2 rings (SSSR count). The van der Waals surface area contributed by atoms with E-state index >= 15 is 0 Å². The summed E-state index contributed by atoms with van der Waals surface area (Å²) in [4.78, 5) is 12.1. The number of rotatable bonds is 4. The molecule has 19 heavy (non-hydrogen) atoms. The molecule has 3 heteroatoms. The first-order valence-corrected chi connectivity index (χ1v) is 6.92. The Labute approximate surface area is 114 Å². The molecular formula is C16H22N2O. The van der Waals surface area contributed by atoms with Crippen LogP contribution in [0.3, 0.4) is 0 Å². The molecule has 0 radical (unpaired) electrons. The van der Waals surface area contributed by atoms with Gasteiger partial charge in [0.1, 0.15) is 0 Å². The van der Waals surface area contributed by atoms with Crippen LogP contribution in [0.1, 0.15) is 37.6 Å². The molecule has 1 aromatic heterocycles. The third-order valence-corrected chi connectivity index (χ3v) is 3.31. The summed E-state index contributed by atoms with van der Waals surface area (Å²) in [7, 11) is 0. The van der Waals surface area contributed by atoms with Crippen molar-refractivity contribution in [2.24, 2.45) is 5.92 Å². The van der Waals surface area contributed by atoms with Crippen LogP contribution >= 0.6 is 0 Å². The molecule has 0 bridgehead atoms. The molecule has 0 fully saturated rings. The summed E-state index contributed by atoms with van der Waals surface area (Å²) < 4.78 is 1.94. The molecule has 0 aliphatic carbocycles. The number of nitrogens with one attached hydrogen (secondary N) is 1. The molecule has 0 saturated heterocycles. The molecule has 1 N–H and O–H groups in total. The van der Waals surface area contributed by atoms with Crippen molar-refractivity contribution < 1.29 is 0 Å². The Hall–Kier alpha value is -1.77. The number of aryl methyl sites for hydroxylation is 1. The number of nitrogens with zero attached hydrogens (tertiary/aromatic N) is 1.